The maximum absolute atomic E-state index is 2.43. The number of hydrogen-bond acceptors (Lipinski definition) is 0. The van der Waals surface area contributed by atoms with Gasteiger partial charge in [-0.2, -0.15) is 0 Å². The molecule has 3 heteroatoms. The van der Waals surface area contributed by atoms with Gasteiger partial charge in [0.1, 0.15) is 0 Å². The van der Waals surface area contributed by atoms with Crippen molar-refractivity contribution < 1.29 is 48.0 Å². The van der Waals surface area contributed by atoms with E-state index in [0.717, 1.165) is 5.92 Å². The second-order valence-electron chi connectivity index (χ2n) is 6.40. The number of halogens is 2. The molecule has 0 amide bonds. The van der Waals surface area contributed by atoms with Crippen LogP contribution in [-0.4, -0.2) is 0 Å². The van der Waals surface area contributed by atoms with Crippen molar-refractivity contribution in [2.45, 2.75) is 79.6 Å². The predicted octanol–water partition coefficient (Wildman–Crippen LogP) is 0.912. The zero-order chi connectivity index (χ0) is 16.1. The predicted molar refractivity (Wildman–Crippen MR) is 94.4 cm³/mol. The summed E-state index contributed by atoms with van der Waals surface area (Å²) in [6.07, 6.45) is 13.8. The Balaban J connectivity index is 0.00000264. The average Bonchev–Trinajstić information content (AvgIpc) is 3.09. The van der Waals surface area contributed by atoms with Gasteiger partial charge in [-0.05, 0) is 0 Å². The van der Waals surface area contributed by atoms with Gasteiger partial charge in [-0.3, -0.25) is 0 Å². The fraction of sp³-hybridized carbons (Fsp3) is 0.619. The van der Waals surface area contributed by atoms with E-state index in [9.17, 15) is 0 Å². The second-order valence-corrected chi connectivity index (χ2v) is 9.82. The summed E-state index contributed by atoms with van der Waals surface area (Å²) in [7, 11) is 0. The summed E-state index contributed by atoms with van der Waals surface area (Å²) >= 11 is -0.579. The molecule has 1 atom stereocenters. The van der Waals surface area contributed by atoms with Crippen LogP contribution in [-0.2, 0) is 23.2 Å². The fourth-order valence-electron chi connectivity index (χ4n) is 4.22. The van der Waals surface area contributed by atoms with Crippen molar-refractivity contribution >= 4 is 0 Å². The topological polar surface area (TPSA) is 0 Å². The van der Waals surface area contributed by atoms with Gasteiger partial charge in [-0.1, -0.05) is 0 Å². The minimum atomic E-state index is -0.579. The Morgan fingerprint density at radius 2 is 1.62 bits per heavy atom. The Morgan fingerprint density at radius 3 is 2.12 bits per heavy atom. The van der Waals surface area contributed by atoms with Crippen molar-refractivity contribution in [1.29, 1.82) is 0 Å². The second kappa shape index (κ2) is 11.9. The molecule has 0 fully saturated rings. The Morgan fingerprint density at radius 1 is 0.958 bits per heavy atom. The van der Waals surface area contributed by atoms with Crippen LogP contribution in [0.15, 0.2) is 41.0 Å². The number of rotatable bonds is 8. The van der Waals surface area contributed by atoms with Gasteiger partial charge in [0.2, 0.25) is 0 Å². The molecule has 134 valence electrons. The minimum Gasteiger partial charge on any atom is -1.00 e. The first-order valence-corrected chi connectivity index (χ1v) is 11.8. The van der Waals surface area contributed by atoms with Crippen molar-refractivity contribution in [2.75, 3.05) is 0 Å². The Labute approximate surface area is 173 Å². The molecule has 2 aliphatic carbocycles. The van der Waals surface area contributed by atoms with Crippen LogP contribution in [0.4, 0.5) is 0 Å². The maximum atomic E-state index is 2.43. The van der Waals surface area contributed by atoms with Crippen molar-refractivity contribution in [1.82, 2.24) is 0 Å². The normalized spacial score (nSPS) is 19.6. The third-order valence-corrected chi connectivity index (χ3v) is 9.47. The van der Waals surface area contributed by atoms with E-state index >= 15 is 0 Å². The molecule has 0 saturated heterocycles. The summed E-state index contributed by atoms with van der Waals surface area (Å²) in [6.45, 7) is 11.8. The molecule has 2 aliphatic rings. The molecule has 0 saturated carbocycles. The minimum absolute atomic E-state index is 0. The van der Waals surface area contributed by atoms with E-state index in [4.69, 9.17) is 0 Å². The molecule has 0 aliphatic heterocycles. The van der Waals surface area contributed by atoms with Gasteiger partial charge >= 0.3 is 150 Å². The fourth-order valence-corrected chi connectivity index (χ4v) is 9.00. The van der Waals surface area contributed by atoms with Crippen LogP contribution in [0.25, 0.3) is 0 Å². The largest absolute Gasteiger partial charge is 1.00 e. The summed E-state index contributed by atoms with van der Waals surface area (Å²) in [5.74, 6) is 0.803. The summed E-state index contributed by atoms with van der Waals surface area (Å²) in [6, 6.07) is 0. The summed E-state index contributed by atoms with van der Waals surface area (Å²) in [5, 5.41) is 0. The van der Waals surface area contributed by atoms with Gasteiger partial charge in [0.15, 0.2) is 0 Å². The monoisotopic (exact) mass is 444 g/mol. The van der Waals surface area contributed by atoms with Gasteiger partial charge in [-0.15, -0.1) is 0 Å². The van der Waals surface area contributed by atoms with Crippen LogP contribution in [0.2, 0.25) is 0 Å². The van der Waals surface area contributed by atoms with Crippen molar-refractivity contribution in [2.24, 2.45) is 5.92 Å². The van der Waals surface area contributed by atoms with Crippen molar-refractivity contribution in [3.05, 3.63) is 41.0 Å². The molecule has 0 aromatic heterocycles. The standard InChI is InChI=1S/C13H21.C8H11.2ClH.Zr/c1-5-10-9-11(6-2)13(8-4)12(10)7-3;1-2-5-8-6-3-4-7-8;;;/h10H,5-8H2,1-4H3;3,6H,2,4-5H2,1H3;2*1H;/q;;;;+2/p-2. The molecule has 0 radical (unpaired) electrons. The van der Waals surface area contributed by atoms with Crippen LogP contribution in [0.1, 0.15) is 79.6 Å². The maximum Gasteiger partial charge on any atom is -1.00 e. The molecule has 24 heavy (non-hydrogen) atoms. The van der Waals surface area contributed by atoms with E-state index in [2.05, 4.69) is 46.8 Å². The third kappa shape index (κ3) is 4.99. The van der Waals surface area contributed by atoms with E-state index in [1.807, 2.05) is 6.56 Å². The average molecular weight is 447 g/mol. The van der Waals surface area contributed by atoms with E-state index in [1.165, 1.54) is 44.9 Å². The Bertz CT molecular complexity index is 538. The first kappa shape index (κ1) is 24.4. The van der Waals surface area contributed by atoms with Crippen molar-refractivity contribution in [3.8, 4) is 0 Å². The molecule has 0 heterocycles. The van der Waals surface area contributed by atoms with E-state index in [1.54, 1.807) is 22.3 Å². The summed E-state index contributed by atoms with van der Waals surface area (Å²) in [5.41, 5.74) is 7.03. The van der Waals surface area contributed by atoms with Crippen LogP contribution in [0.3, 0.4) is 0 Å². The quantitative estimate of drug-likeness (QED) is 0.520. The molecule has 0 nitrogen and oxygen atoms in total. The van der Waals surface area contributed by atoms with Gasteiger partial charge in [0, 0.05) is 0 Å². The molecule has 0 spiro atoms. The molecular weight excluding hydrogens is 414 g/mol. The van der Waals surface area contributed by atoms with E-state index < -0.39 is 23.2 Å². The van der Waals surface area contributed by atoms with E-state index in [-0.39, 0.29) is 24.8 Å². The summed E-state index contributed by atoms with van der Waals surface area (Å²) < 4.78 is 3.81. The molecule has 1 unspecified atom stereocenters. The Kier molecular flexibility index (Phi) is 12.1. The van der Waals surface area contributed by atoms with Gasteiger partial charge in [0.05, 0.1) is 0 Å². The number of hydrogen-bond donors (Lipinski definition) is 0. The Hall–Kier alpha value is 0.423. The van der Waals surface area contributed by atoms with E-state index in [0.29, 0.717) is 0 Å². The molecule has 0 bridgehead atoms. The first-order chi connectivity index (χ1) is 10.7. The zero-order valence-corrected chi connectivity index (χ0v) is 19.9. The van der Waals surface area contributed by atoms with Crippen LogP contribution in [0, 0.1) is 5.92 Å². The van der Waals surface area contributed by atoms with Gasteiger partial charge < -0.3 is 24.8 Å². The first-order valence-electron chi connectivity index (χ1n) is 9.32. The van der Waals surface area contributed by atoms with Crippen molar-refractivity contribution in [3.63, 3.8) is 0 Å². The van der Waals surface area contributed by atoms with Gasteiger partial charge in [-0.25, -0.2) is 0 Å². The molecule has 0 aromatic carbocycles. The third-order valence-electron chi connectivity index (χ3n) is 5.18. The molecular formula is C21H32Cl2Zr. The SMILES string of the molecule is CCCC1=[C]([Zr+2][C]2=C(CC)C(CC)=C(CC)C2CC)CC=C1.[Cl-].[Cl-]. The van der Waals surface area contributed by atoms with Gasteiger partial charge in [0.25, 0.3) is 0 Å². The van der Waals surface area contributed by atoms with Crippen LogP contribution in [0.5, 0.6) is 0 Å². The molecule has 2 rings (SSSR count). The van der Waals surface area contributed by atoms with Crippen LogP contribution < -0.4 is 24.8 Å². The zero-order valence-electron chi connectivity index (χ0n) is 15.9. The summed E-state index contributed by atoms with van der Waals surface area (Å²) in [4.78, 5) is 0. The van der Waals surface area contributed by atoms with Crippen LogP contribution >= 0.6 is 0 Å². The molecule has 0 N–H and O–H groups in total. The molecule has 0 aromatic rings. The smallest absolute Gasteiger partial charge is 1.00 e. The number of allylic oxidation sites excluding steroid dienone is 8.